The summed E-state index contributed by atoms with van der Waals surface area (Å²) in [7, 11) is 6.15. The molecular formula is C27H34N2O7Se. The number of methoxy groups -OCH3 is 4. The zero-order valence-electron chi connectivity index (χ0n) is 21.7. The summed E-state index contributed by atoms with van der Waals surface area (Å²) in [4.78, 5) is 17.0. The molecule has 1 heterocycles. The van der Waals surface area contributed by atoms with Crippen LogP contribution >= 0.6 is 0 Å². The minimum absolute atomic E-state index is 0.0826. The molecule has 0 radical (unpaired) electrons. The van der Waals surface area contributed by atoms with E-state index in [0.29, 0.717) is 41.0 Å². The molecule has 1 N–H and O–H groups in total. The van der Waals surface area contributed by atoms with E-state index >= 15 is 0 Å². The molecule has 1 aliphatic rings. The minimum atomic E-state index is -0.614. The zero-order valence-corrected chi connectivity index (χ0v) is 23.4. The summed E-state index contributed by atoms with van der Waals surface area (Å²) in [6.07, 6.45) is 4.01. The Morgan fingerprint density at radius 2 is 1.65 bits per heavy atom. The molecule has 9 nitrogen and oxygen atoms in total. The number of ether oxygens (including phenoxy) is 5. The van der Waals surface area contributed by atoms with Crippen LogP contribution in [0.5, 0.6) is 28.7 Å². The van der Waals surface area contributed by atoms with E-state index in [9.17, 15) is 9.90 Å². The topological polar surface area (TPSA) is 110 Å². The number of unbranched alkanes of at least 4 members (excludes halogenated alkanes) is 3. The molecule has 1 fully saturated rings. The average molecular weight is 578 g/mol. The fourth-order valence-electron chi connectivity index (χ4n) is 4.45. The van der Waals surface area contributed by atoms with Crippen LogP contribution < -0.4 is 28.6 Å². The van der Waals surface area contributed by atoms with Crippen molar-refractivity contribution in [1.29, 1.82) is 5.26 Å². The Morgan fingerprint density at radius 1 is 0.946 bits per heavy atom. The van der Waals surface area contributed by atoms with Crippen molar-refractivity contribution in [2.24, 2.45) is 5.92 Å². The number of hydrogen-bond acceptors (Lipinski definition) is 8. The van der Waals surface area contributed by atoms with Crippen LogP contribution in [0.25, 0.3) is 0 Å². The van der Waals surface area contributed by atoms with Gasteiger partial charge in [0.15, 0.2) is 11.5 Å². The average Bonchev–Trinajstić information content (AvgIpc) is 2.92. The Hall–Kier alpha value is -3.12. The number of nitrogens with zero attached hydrogens (tertiary/aromatic N) is 2. The van der Waals surface area contributed by atoms with Crippen LogP contribution in [0, 0.1) is 16.1 Å². The molecule has 0 bridgehead atoms. The second kappa shape index (κ2) is 14.0. The predicted molar refractivity (Wildman–Crippen MR) is 140 cm³/mol. The Bertz CT molecular complexity index is 1080. The number of aliphatic hydroxyl groups excluding tert-OH is 1. The molecule has 200 valence electrons. The van der Waals surface area contributed by atoms with E-state index in [2.05, 4.69) is 4.97 Å². The first-order valence-electron chi connectivity index (χ1n) is 12.1. The van der Waals surface area contributed by atoms with Gasteiger partial charge in [0.25, 0.3) is 0 Å². The number of β-lactam (4-membered cyclic amide) rings is 1. The molecule has 0 spiro atoms. The van der Waals surface area contributed by atoms with E-state index in [1.165, 1.54) is 21.3 Å². The third kappa shape index (κ3) is 6.42. The molecule has 0 aliphatic carbocycles. The van der Waals surface area contributed by atoms with Crippen LogP contribution in [0.2, 0.25) is 5.32 Å². The SMILES string of the molecule is COc1ccc([C@H]2[C@@H](CO)C(=O)N2c2cc(OC)c(OC)c(OC)c2)c(OCCCCCC[Se]C#N)c1. The van der Waals surface area contributed by atoms with Crippen LogP contribution in [-0.2, 0) is 4.79 Å². The molecule has 2 atom stereocenters. The summed E-state index contributed by atoms with van der Waals surface area (Å²) < 4.78 is 28.0. The van der Waals surface area contributed by atoms with E-state index in [4.69, 9.17) is 28.9 Å². The van der Waals surface area contributed by atoms with Crippen molar-refractivity contribution in [3.8, 4) is 33.7 Å². The van der Waals surface area contributed by atoms with Crippen LogP contribution in [0.1, 0.15) is 37.3 Å². The van der Waals surface area contributed by atoms with Crippen LogP contribution in [-0.4, -0.2) is 67.6 Å². The number of hydrogen-bond donors (Lipinski definition) is 1. The standard InChI is InChI=1S/C27H34N2O7Se/c1-32-19-9-10-20(22(15-19)36-11-7-5-6-8-12-37-17-28)25-21(16-30)27(31)29(25)18-13-23(33-2)26(35-4)24(14-18)34-3/h9-10,13-15,21,25,30H,5-8,11-12,16H2,1-4H3/t21-,25+/m1/s1. The van der Waals surface area contributed by atoms with Crippen molar-refractivity contribution in [2.45, 2.75) is 37.0 Å². The summed E-state index contributed by atoms with van der Waals surface area (Å²) >= 11 is 0.0826. The number of rotatable bonds is 15. The van der Waals surface area contributed by atoms with Gasteiger partial charge in [-0.3, -0.25) is 4.79 Å². The van der Waals surface area contributed by atoms with Crippen molar-refractivity contribution in [1.82, 2.24) is 0 Å². The maximum atomic E-state index is 13.1. The van der Waals surface area contributed by atoms with Gasteiger partial charge in [0.05, 0.1) is 21.3 Å². The molecule has 3 rings (SSSR count). The van der Waals surface area contributed by atoms with Crippen molar-refractivity contribution in [2.75, 3.05) is 46.6 Å². The molecule has 10 heteroatoms. The molecule has 2 aromatic carbocycles. The van der Waals surface area contributed by atoms with E-state index < -0.39 is 12.0 Å². The number of anilines is 1. The van der Waals surface area contributed by atoms with Gasteiger partial charge in [-0.25, -0.2) is 0 Å². The monoisotopic (exact) mass is 578 g/mol. The van der Waals surface area contributed by atoms with Gasteiger partial charge in [-0.1, -0.05) is 0 Å². The number of aliphatic hydroxyl groups is 1. The molecule has 1 saturated heterocycles. The molecule has 1 amide bonds. The molecular weight excluding hydrogens is 543 g/mol. The van der Waals surface area contributed by atoms with Crippen LogP contribution in [0.3, 0.4) is 0 Å². The molecule has 2 aromatic rings. The summed E-state index contributed by atoms with van der Waals surface area (Å²) in [5, 5.41) is 19.7. The summed E-state index contributed by atoms with van der Waals surface area (Å²) in [5.41, 5.74) is 1.35. The van der Waals surface area contributed by atoms with Crippen molar-refractivity contribution in [3.05, 3.63) is 35.9 Å². The quantitative estimate of drug-likeness (QED) is 0.193. The van der Waals surface area contributed by atoms with Gasteiger partial charge < -0.3 is 19.3 Å². The zero-order chi connectivity index (χ0) is 26.8. The Balaban J connectivity index is 1.87. The van der Waals surface area contributed by atoms with Gasteiger partial charge in [-0.15, -0.1) is 0 Å². The van der Waals surface area contributed by atoms with Crippen molar-refractivity contribution in [3.63, 3.8) is 0 Å². The number of carbonyl (C=O) groups excluding carboxylic acids is 1. The summed E-state index contributed by atoms with van der Waals surface area (Å²) in [6, 6.07) is 8.51. The van der Waals surface area contributed by atoms with Gasteiger partial charge in [0, 0.05) is 12.1 Å². The van der Waals surface area contributed by atoms with Crippen LogP contribution in [0.15, 0.2) is 30.3 Å². The summed E-state index contributed by atoms with van der Waals surface area (Å²) in [6.45, 7) is 0.221. The first-order chi connectivity index (χ1) is 18.0. The number of amides is 1. The van der Waals surface area contributed by atoms with Gasteiger partial charge in [0.1, 0.15) is 0 Å². The van der Waals surface area contributed by atoms with Crippen molar-refractivity contribution >= 4 is 26.6 Å². The number of benzene rings is 2. The number of nitriles is 1. The first kappa shape index (κ1) is 28.5. The second-order valence-corrected chi connectivity index (χ2v) is 10.3. The fraction of sp³-hybridized carbons (Fsp3) is 0.481. The Kier molecular flexibility index (Phi) is 10.8. The normalized spacial score (nSPS) is 16.5. The fourth-order valence-corrected chi connectivity index (χ4v) is 5.37. The third-order valence-corrected chi connectivity index (χ3v) is 7.65. The van der Waals surface area contributed by atoms with E-state index in [0.717, 1.165) is 36.6 Å². The van der Waals surface area contributed by atoms with Gasteiger partial charge >= 0.3 is 150 Å². The molecule has 1 aliphatic heterocycles. The molecule has 37 heavy (non-hydrogen) atoms. The third-order valence-electron chi connectivity index (χ3n) is 6.34. The number of carbonyl (C=O) groups is 1. The summed E-state index contributed by atoms with van der Waals surface area (Å²) in [5.74, 6) is 1.72. The molecule has 0 unspecified atom stereocenters. The second-order valence-electron chi connectivity index (χ2n) is 8.43. The Labute approximate surface area is 224 Å². The van der Waals surface area contributed by atoms with Gasteiger partial charge in [-0.05, 0) is 0 Å². The molecule has 0 saturated carbocycles. The van der Waals surface area contributed by atoms with E-state index in [1.807, 2.05) is 18.2 Å². The van der Waals surface area contributed by atoms with Crippen LogP contribution in [0.4, 0.5) is 5.69 Å². The first-order valence-corrected chi connectivity index (χ1v) is 14.2. The van der Waals surface area contributed by atoms with Gasteiger partial charge in [-0.2, -0.15) is 0 Å². The van der Waals surface area contributed by atoms with Crippen molar-refractivity contribution < 1.29 is 33.6 Å². The maximum absolute atomic E-state index is 13.1. The van der Waals surface area contributed by atoms with Gasteiger partial charge in [0.2, 0.25) is 5.75 Å². The molecule has 0 aromatic heterocycles. The predicted octanol–water partition coefficient (Wildman–Crippen LogP) is 3.96. The van der Waals surface area contributed by atoms with E-state index in [1.54, 1.807) is 24.1 Å². The Morgan fingerprint density at radius 3 is 2.24 bits per heavy atom. The van der Waals surface area contributed by atoms with E-state index in [-0.39, 0.29) is 27.5 Å².